The number of nitrogens with one attached hydrogen (secondary N) is 1. The van der Waals surface area contributed by atoms with Crippen LogP contribution in [0.25, 0.3) is 22.0 Å². The lowest BCUT2D eigenvalue weighted by atomic mass is 9.94. The molecule has 0 aliphatic carbocycles. The number of aromatic nitrogens is 1. The van der Waals surface area contributed by atoms with Crippen LogP contribution in [0.15, 0.2) is 47.3 Å². The summed E-state index contributed by atoms with van der Waals surface area (Å²) in [5.41, 5.74) is 1.19. The van der Waals surface area contributed by atoms with Crippen molar-refractivity contribution in [3.8, 4) is 11.1 Å². The second-order valence-electron chi connectivity index (χ2n) is 4.96. The molecule has 3 aromatic rings. The lowest BCUT2D eigenvalue weighted by molar-refractivity contribution is 0.101. The van der Waals surface area contributed by atoms with E-state index in [4.69, 9.17) is 11.6 Å². The number of Topliss-reactive ketones (excluding diaryl/α,β-unsaturated/α-hetero) is 1. The van der Waals surface area contributed by atoms with Gasteiger partial charge in [-0.3, -0.25) is 9.59 Å². The Morgan fingerprint density at radius 2 is 1.82 bits per heavy atom. The van der Waals surface area contributed by atoms with Gasteiger partial charge in [0.25, 0.3) is 5.56 Å². The molecule has 0 bridgehead atoms. The van der Waals surface area contributed by atoms with Crippen LogP contribution in [0, 0.1) is 5.82 Å². The first kappa shape index (κ1) is 14.5. The number of carbonyl (C=O) groups excluding carboxylic acids is 1. The zero-order valence-corrected chi connectivity index (χ0v) is 12.4. The molecule has 0 saturated carbocycles. The van der Waals surface area contributed by atoms with Crippen molar-refractivity contribution in [2.45, 2.75) is 6.92 Å². The summed E-state index contributed by atoms with van der Waals surface area (Å²) in [6.45, 7) is 1.33. The van der Waals surface area contributed by atoms with E-state index in [9.17, 15) is 14.0 Å². The Morgan fingerprint density at radius 1 is 1.14 bits per heavy atom. The fraction of sp³-hybridized carbons (Fsp3) is 0.0588. The first-order valence-corrected chi connectivity index (χ1v) is 6.97. The molecule has 0 saturated heterocycles. The van der Waals surface area contributed by atoms with Crippen molar-refractivity contribution in [2.24, 2.45) is 0 Å². The Kier molecular flexibility index (Phi) is 3.54. The smallest absolute Gasteiger partial charge is 0.259 e. The molecule has 1 N–H and O–H groups in total. The molecule has 3 rings (SSSR count). The molecule has 0 aliphatic heterocycles. The van der Waals surface area contributed by atoms with E-state index in [1.807, 2.05) is 0 Å². The van der Waals surface area contributed by atoms with Crippen molar-refractivity contribution < 1.29 is 9.18 Å². The molecule has 0 unspecified atom stereocenters. The van der Waals surface area contributed by atoms with E-state index in [0.29, 0.717) is 27.1 Å². The van der Waals surface area contributed by atoms with Crippen molar-refractivity contribution in [3.05, 3.63) is 69.2 Å². The molecule has 2 aromatic carbocycles. The monoisotopic (exact) mass is 315 g/mol. The predicted octanol–water partition coefficient (Wildman–Crippen LogP) is 4.19. The Hall–Kier alpha value is -2.46. The van der Waals surface area contributed by atoms with Crippen LogP contribution in [-0.4, -0.2) is 10.8 Å². The van der Waals surface area contributed by atoms with Gasteiger partial charge in [-0.15, -0.1) is 0 Å². The van der Waals surface area contributed by atoms with E-state index in [-0.39, 0.29) is 17.2 Å². The largest absolute Gasteiger partial charge is 0.321 e. The van der Waals surface area contributed by atoms with Crippen LogP contribution in [0.4, 0.5) is 4.39 Å². The molecular weight excluding hydrogens is 305 g/mol. The molecule has 0 amide bonds. The van der Waals surface area contributed by atoms with Gasteiger partial charge < -0.3 is 4.98 Å². The van der Waals surface area contributed by atoms with E-state index in [1.165, 1.54) is 31.2 Å². The number of fused-ring (bicyclic) bond motifs is 1. The standard InChI is InChI=1S/C17H11ClFNO2/c1-9(21)15-16(10-2-5-12(19)6-3-10)13-8-11(18)4-7-14(13)20-17(15)22/h2-8H,1H3,(H,20,22). The van der Waals surface area contributed by atoms with Crippen molar-refractivity contribution in [1.82, 2.24) is 4.98 Å². The molecule has 0 spiro atoms. The van der Waals surface area contributed by atoms with E-state index in [2.05, 4.69) is 4.98 Å². The summed E-state index contributed by atoms with van der Waals surface area (Å²) in [5.74, 6) is -0.747. The highest BCUT2D eigenvalue weighted by Gasteiger charge is 2.18. The van der Waals surface area contributed by atoms with E-state index in [0.717, 1.165) is 0 Å². The third kappa shape index (κ3) is 2.42. The maximum Gasteiger partial charge on any atom is 0.259 e. The van der Waals surface area contributed by atoms with Gasteiger partial charge in [-0.05, 0) is 42.8 Å². The molecule has 0 atom stereocenters. The van der Waals surface area contributed by atoms with Crippen molar-refractivity contribution in [1.29, 1.82) is 0 Å². The molecule has 3 nitrogen and oxygen atoms in total. The normalized spacial score (nSPS) is 10.9. The maximum absolute atomic E-state index is 13.2. The zero-order chi connectivity index (χ0) is 15.9. The Balaban J connectivity index is 2.49. The lowest BCUT2D eigenvalue weighted by Gasteiger charge is -2.11. The molecule has 110 valence electrons. The first-order valence-electron chi connectivity index (χ1n) is 6.60. The minimum atomic E-state index is -0.471. The van der Waals surface area contributed by atoms with Gasteiger partial charge in [0.15, 0.2) is 5.78 Å². The minimum Gasteiger partial charge on any atom is -0.321 e. The fourth-order valence-electron chi connectivity index (χ4n) is 2.52. The van der Waals surface area contributed by atoms with Gasteiger partial charge in [0.05, 0.1) is 5.56 Å². The highest BCUT2D eigenvalue weighted by Crippen LogP contribution is 2.31. The third-order valence-electron chi connectivity index (χ3n) is 3.46. The molecule has 22 heavy (non-hydrogen) atoms. The fourth-order valence-corrected chi connectivity index (χ4v) is 2.69. The number of aromatic amines is 1. The van der Waals surface area contributed by atoms with Gasteiger partial charge in [-0.1, -0.05) is 23.7 Å². The summed E-state index contributed by atoms with van der Waals surface area (Å²) >= 11 is 6.04. The van der Waals surface area contributed by atoms with Gasteiger partial charge >= 0.3 is 0 Å². The number of hydrogen-bond donors (Lipinski definition) is 1. The van der Waals surface area contributed by atoms with Crippen LogP contribution < -0.4 is 5.56 Å². The zero-order valence-electron chi connectivity index (χ0n) is 11.6. The number of hydrogen-bond acceptors (Lipinski definition) is 2. The maximum atomic E-state index is 13.2. The number of H-pyrrole nitrogens is 1. The van der Waals surface area contributed by atoms with Crippen LogP contribution >= 0.6 is 11.6 Å². The van der Waals surface area contributed by atoms with Crippen LogP contribution in [0.5, 0.6) is 0 Å². The quantitative estimate of drug-likeness (QED) is 0.721. The Bertz CT molecular complexity index is 945. The van der Waals surface area contributed by atoms with Crippen LogP contribution in [0.3, 0.4) is 0 Å². The Labute approximate surface area is 130 Å². The number of pyridine rings is 1. The minimum absolute atomic E-state index is 0.0429. The summed E-state index contributed by atoms with van der Waals surface area (Å²) in [6.07, 6.45) is 0. The number of rotatable bonds is 2. The Morgan fingerprint density at radius 3 is 2.45 bits per heavy atom. The van der Waals surface area contributed by atoms with Crippen molar-refractivity contribution >= 4 is 28.3 Å². The molecule has 5 heteroatoms. The van der Waals surface area contributed by atoms with Crippen molar-refractivity contribution in [3.63, 3.8) is 0 Å². The van der Waals surface area contributed by atoms with E-state index < -0.39 is 5.56 Å². The van der Waals surface area contributed by atoms with E-state index in [1.54, 1.807) is 18.2 Å². The summed E-state index contributed by atoms with van der Waals surface area (Å²) in [5, 5.41) is 1.13. The molecule has 0 aliphatic rings. The highest BCUT2D eigenvalue weighted by atomic mass is 35.5. The molecule has 1 aromatic heterocycles. The van der Waals surface area contributed by atoms with Gasteiger partial charge in [0, 0.05) is 21.5 Å². The summed E-state index contributed by atoms with van der Waals surface area (Å²) in [7, 11) is 0. The van der Waals surface area contributed by atoms with Gasteiger partial charge in [-0.25, -0.2) is 4.39 Å². The van der Waals surface area contributed by atoms with Crippen LogP contribution in [0.2, 0.25) is 5.02 Å². The molecule has 0 radical (unpaired) electrons. The highest BCUT2D eigenvalue weighted by molar-refractivity contribution is 6.31. The summed E-state index contributed by atoms with van der Waals surface area (Å²) < 4.78 is 13.2. The van der Waals surface area contributed by atoms with Crippen LogP contribution in [-0.2, 0) is 0 Å². The average Bonchev–Trinajstić information content (AvgIpc) is 2.47. The number of halogens is 2. The predicted molar refractivity (Wildman–Crippen MR) is 85.0 cm³/mol. The second kappa shape index (κ2) is 5.39. The topological polar surface area (TPSA) is 49.9 Å². The van der Waals surface area contributed by atoms with Crippen LogP contribution in [0.1, 0.15) is 17.3 Å². The van der Waals surface area contributed by atoms with Gasteiger partial charge in [-0.2, -0.15) is 0 Å². The van der Waals surface area contributed by atoms with E-state index >= 15 is 0 Å². The molecule has 1 heterocycles. The van der Waals surface area contributed by atoms with Gasteiger partial charge in [0.2, 0.25) is 0 Å². The molecule has 0 fully saturated rings. The number of benzene rings is 2. The lowest BCUT2D eigenvalue weighted by Crippen LogP contribution is -2.18. The number of carbonyl (C=O) groups is 1. The van der Waals surface area contributed by atoms with Gasteiger partial charge in [0.1, 0.15) is 5.82 Å². The number of ketones is 1. The SMILES string of the molecule is CC(=O)c1c(-c2ccc(F)cc2)c2cc(Cl)ccc2[nH]c1=O. The summed E-state index contributed by atoms with van der Waals surface area (Å²) in [4.78, 5) is 26.8. The second-order valence-corrected chi connectivity index (χ2v) is 5.39. The first-order chi connectivity index (χ1) is 10.5. The third-order valence-corrected chi connectivity index (χ3v) is 3.70. The average molecular weight is 316 g/mol. The summed E-state index contributed by atoms with van der Waals surface area (Å²) in [6, 6.07) is 10.7. The van der Waals surface area contributed by atoms with Crippen molar-refractivity contribution in [2.75, 3.05) is 0 Å². The molecular formula is C17H11ClFNO2.